The van der Waals surface area contributed by atoms with Gasteiger partial charge < -0.3 is 4.74 Å². The lowest BCUT2D eigenvalue weighted by atomic mass is 10.0. The van der Waals surface area contributed by atoms with Crippen molar-refractivity contribution in [2.45, 2.75) is 13.3 Å². The fourth-order valence-corrected chi connectivity index (χ4v) is 4.59. The average Bonchev–Trinajstić information content (AvgIpc) is 3.38. The molecule has 0 bridgehead atoms. The molecule has 1 aliphatic heterocycles. The number of aromatic amines is 1. The molecule has 0 atom stereocenters. The largest absolute Gasteiger partial charge is 0.497 e. The van der Waals surface area contributed by atoms with Gasteiger partial charge in [-0.2, -0.15) is 4.57 Å². The smallest absolute Gasteiger partial charge is 0.331 e. The molecule has 2 amide bonds. The van der Waals surface area contributed by atoms with E-state index >= 15 is 0 Å². The number of pyridine rings is 1. The van der Waals surface area contributed by atoms with Crippen molar-refractivity contribution < 1.29 is 18.9 Å². The molecule has 0 saturated heterocycles. The Kier molecular flexibility index (Phi) is 6.45. The highest BCUT2D eigenvalue weighted by Gasteiger charge is 2.48. The number of H-pyrrole nitrogens is 1. The highest BCUT2D eigenvalue weighted by molar-refractivity contribution is 6.53. The van der Waals surface area contributed by atoms with Crippen molar-refractivity contribution in [1.82, 2.24) is 9.78 Å². The summed E-state index contributed by atoms with van der Waals surface area (Å²) in [5, 5.41) is 3.70. The van der Waals surface area contributed by atoms with Gasteiger partial charge in [0.15, 0.2) is 12.4 Å². The van der Waals surface area contributed by atoms with Crippen molar-refractivity contribution in [3.05, 3.63) is 105 Å². The molecule has 0 aliphatic carbocycles. The number of methoxy groups -OCH3 is 1. The second kappa shape index (κ2) is 9.72. The number of carbonyl (C=O) groups is 2. The van der Waals surface area contributed by atoms with E-state index in [4.69, 9.17) is 27.9 Å². The van der Waals surface area contributed by atoms with Crippen molar-refractivity contribution in [2.24, 2.45) is 0 Å². The molecule has 1 N–H and O–H groups in total. The van der Waals surface area contributed by atoms with E-state index in [0.29, 0.717) is 34.3 Å². The number of amides is 2. The van der Waals surface area contributed by atoms with Gasteiger partial charge in [-0.15, -0.1) is 0 Å². The summed E-state index contributed by atoms with van der Waals surface area (Å²) in [6.07, 6.45) is 3.72. The van der Waals surface area contributed by atoms with E-state index in [9.17, 15) is 14.4 Å². The lowest BCUT2D eigenvalue weighted by Gasteiger charge is -2.14. The summed E-state index contributed by atoms with van der Waals surface area (Å²) in [6.45, 7) is 1.85. The number of hydrogen-bond donors (Lipinski definition) is 1. The van der Waals surface area contributed by atoms with Crippen LogP contribution in [0.25, 0.3) is 17.0 Å². The Balaban J connectivity index is 1.74. The number of carbonyl (C=O) groups excluding carboxylic acids is 2. The molecule has 5 rings (SSSR count). The molecule has 186 valence electrons. The van der Waals surface area contributed by atoms with Gasteiger partial charge in [0.1, 0.15) is 11.3 Å². The number of aryl methyl sites for hydroxylation is 1. The van der Waals surface area contributed by atoms with Crippen molar-refractivity contribution >= 4 is 52.0 Å². The zero-order valence-corrected chi connectivity index (χ0v) is 21.4. The normalized spacial score (nSPS) is 13.6. The number of rotatable bonds is 6. The summed E-state index contributed by atoms with van der Waals surface area (Å²) in [4.78, 5) is 42.6. The van der Waals surface area contributed by atoms with Crippen LogP contribution in [-0.2, 0) is 16.0 Å². The molecular weight excluding hydrogens is 515 g/mol. The number of nitrogens with zero attached hydrogens (tertiary/aromatic N) is 3. The Bertz CT molecular complexity index is 1620. The number of anilines is 1. The van der Waals surface area contributed by atoms with Crippen LogP contribution >= 0.6 is 23.2 Å². The first kappa shape index (κ1) is 24.5. The van der Waals surface area contributed by atoms with Crippen LogP contribution in [0.15, 0.2) is 77.9 Å². The summed E-state index contributed by atoms with van der Waals surface area (Å²) >= 11 is 12.2. The quantitative estimate of drug-likeness (QED) is 0.295. The minimum absolute atomic E-state index is 0.00827. The first-order valence-electron chi connectivity index (χ1n) is 11.4. The zero-order chi connectivity index (χ0) is 26.3. The van der Waals surface area contributed by atoms with E-state index in [-0.39, 0.29) is 21.9 Å². The molecule has 8 nitrogen and oxygen atoms in total. The van der Waals surface area contributed by atoms with Crippen LogP contribution in [0.1, 0.15) is 18.2 Å². The van der Waals surface area contributed by atoms with Crippen molar-refractivity contribution in [3.8, 4) is 11.4 Å². The Labute approximate surface area is 221 Å². The molecule has 4 aromatic rings. The summed E-state index contributed by atoms with van der Waals surface area (Å²) in [6, 6.07) is 16.6. The standard InChI is InChI=1S/C27H20Cl2N4O4/c1-3-21-22(26(35)33(30-21)17-9-12-19(28)20(29)15-17)23-24(31-13-5-4-6-14-31)27(36)32(25(23)34)16-7-10-18(37-2)11-8-16/h4-15H,3H2,1-2H3/p+1. The molecule has 0 fully saturated rings. The van der Waals surface area contributed by atoms with E-state index < -0.39 is 17.4 Å². The lowest BCUT2D eigenvalue weighted by Crippen LogP contribution is -2.39. The van der Waals surface area contributed by atoms with Gasteiger partial charge in [0.25, 0.3) is 17.2 Å². The number of ether oxygens (including phenoxy) is 1. The second-order valence-electron chi connectivity index (χ2n) is 8.21. The molecule has 2 aromatic heterocycles. The van der Waals surface area contributed by atoms with Crippen molar-refractivity contribution in [2.75, 3.05) is 12.0 Å². The van der Waals surface area contributed by atoms with Gasteiger partial charge >= 0.3 is 5.91 Å². The zero-order valence-electron chi connectivity index (χ0n) is 19.9. The van der Waals surface area contributed by atoms with Crippen LogP contribution in [0, 0.1) is 0 Å². The molecule has 10 heteroatoms. The number of aromatic nitrogens is 3. The third-order valence-electron chi connectivity index (χ3n) is 6.09. The second-order valence-corrected chi connectivity index (χ2v) is 9.02. The van der Waals surface area contributed by atoms with Crippen molar-refractivity contribution in [1.29, 1.82) is 0 Å². The number of nitrogens with one attached hydrogen (secondary N) is 1. The predicted molar refractivity (Wildman–Crippen MR) is 141 cm³/mol. The Morgan fingerprint density at radius 3 is 2.19 bits per heavy atom. The Morgan fingerprint density at radius 2 is 1.57 bits per heavy atom. The van der Waals surface area contributed by atoms with E-state index in [2.05, 4.69) is 5.10 Å². The third-order valence-corrected chi connectivity index (χ3v) is 6.83. The summed E-state index contributed by atoms with van der Waals surface area (Å²) in [5.74, 6) is -0.573. The van der Waals surface area contributed by atoms with E-state index in [0.717, 1.165) is 4.90 Å². The monoisotopic (exact) mass is 535 g/mol. The fraction of sp³-hybridized carbons (Fsp3) is 0.111. The molecule has 0 radical (unpaired) electrons. The minimum atomic E-state index is -0.603. The van der Waals surface area contributed by atoms with Gasteiger partial charge in [-0.3, -0.25) is 19.5 Å². The first-order valence-corrected chi connectivity index (χ1v) is 12.1. The maximum Gasteiger partial charge on any atom is 0.331 e. The van der Waals surface area contributed by atoms with Crippen molar-refractivity contribution in [3.63, 3.8) is 0 Å². The van der Waals surface area contributed by atoms with Crippen LogP contribution < -0.4 is 19.8 Å². The van der Waals surface area contributed by atoms with Crippen LogP contribution in [0.4, 0.5) is 5.69 Å². The Morgan fingerprint density at radius 1 is 0.892 bits per heavy atom. The molecule has 1 aliphatic rings. The van der Waals surface area contributed by atoms with Gasteiger partial charge in [0.05, 0.1) is 34.1 Å². The van der Waals surface area contributed by atoms with Gasteiger partial charge in [-0.25, -0.2) is 9.58 Å². The molecule has 0 unspecified atom stereocenters. The van der Waals surface area contributed by atoms with E-state index in [1.54, 1.807) is 77.6 Å². The highest BCUT2D eigenvalue weighted by Crippen LogP contribution is 2.34. The molecule has 0 spiro atoms. The molecule has 2 aromatic carbocycles. The molecule has 37 heavy (non-hydrogen) atoms. The molecular formula is C27H21Cl2N4O4+. The molecule has 0 saturated carbocycles. The highest BCUT2D eigenvalue weighted by atomic mass is 35.5. The number of benzene rings is 2. The topological polar surface area (TPSA) is 88.3 Å². The van der Waals surface area contributed by atoms with Gasteiger partial charge in [-0.1, -0.05) is 36.2 Å². The predicted octanol–water partition coefficient (Wildman–Crippen LogP) is 4.27. The SMILES string of the molecule is CCc1[nH]n(-c2ccc(Cl)c(Cl)c2)c(=O)c1C1=C([n+]2ccccc2)C(=O)N(c2ccc(OC)cc2)C1=O. The van der Waals surface area contributed by atoms with Gasteiger partial charge in [-0.05, 0) is 48.9 Å². The fourth-order valence-electron chi connectivity index (χ4n) is 4.30. The maximum atomic E-state index is 13.9. The third kappa shape index (κ3) is 4.14. The van der Waals surface area contributed by atoms with E-state index in [1.165, 1.54) is 11.8 Å². The van der Waals surface area contributed by atoms with Gasteiger partial charge in [0, 0.05) is 17.8 Å². The van der Waals surface area contributed by atoms with Crippen LogP contribution in [-0.4, -0.2) is 28.7 Å². The van der Waals surface area contributed by atoms with Crippen LogP contribution in [0.2, 0.25) is 10.0 Å². The maximum absolute atomic E-state index is 13.9. The summed E-state index contributed by atoms with van der Waals surface area (Å²) < 4.78 is 8.05. The number of hydrogen-bond acceptors (Lipinski definition) is 4. The van der Waals surface area contributed by atoms with E-state index in [1.807, 2.05) is 6.92 Å². The molecule has 3 heterocycles. The van der Waals surface area contributed by atoms with Gasteiger partial charge in [0.2, 0.25) is 0 Å². The number of halogens is 2. The minimum Gasteiger partial charge on any atom is -0.497 e. The van der Waals surface area contributed by atoms with Crippen LogP contribution in [0.3, 0.4) is 0 Å². The summed E-state index contributed by atoms with van der Waals surface area (Å²) in [7, 11) is 1.53. The number of imide groups is 1. The lowest BCUT2D eigenvalue weighted by molar-refractivity contribution is -0.576. The average molecular weight is 536 g/mol. The first-order chi connectivity index (χ1) is 17.8. The van der Waals surface area contributed by atoms with Crippen LogP contribution in [0.5, 0.6) is 5.75 Å². The summed E-state index contributed by atoms with van der Waals surface area (Å²) in [5.41, 5.74) is 1.02. The Hall–Kier alpha value is -4.14.